The molecule has 11 N–H and O–H groups in total. The molecule has 7 rings (SSSR count). The largest absolute Gasteiger partial charge is 0.490 e. The van der Waals surface area contributed by atoms with Crippen molar-refractivity contribution in [3.8, 4) is 0 Å². The number of morpholine rings is 1. The van der Waals surface area contributed by atoms with Gasteiger partial charge in [0.25, 0.3) is 11.5 Å². The normalized spacial score (nSPS) is 26.8. The Hall–Kier alpha value is -4.20. The number of aromatic nitrogens is 6. The molecule has 0 spiro atoms. The number of imidazole rings is 2. The molecule has 0 amide bonds. The second-order valence-corrected chi connectivity index (χ2v) is 18.4. The van der Waals surface area contributed by atoms with Gasteiger partial charge in [0.15, 0.2) is 30.6 Å². The van der Waals surface area contributed by atoms with Crippen molar-refractivity contribution in [2.24, 2.45) is 17.8 Å². The van der Waals surface area contributed by atoms with Gasteiger partial charge in [-0.05, 0) is 12.5 Å². The zero-order valence-corrected chi connectivity index (χ0v) is 33.8. The summed E-state index contributed by atoms with van der Waals surface area (Å²) in [6, 6.07) is 7.71. The van der Waals surface area contributed by atoms with Crippen molar-refractivity contribution in [3.63, 3.8) is 0 Å². The number of H-pyrrole nitrogens is 1. The molecular weight excluding hydrogens is 847 g/mol. The number of aromatic amines is 1. The second kappa shape index (κ2) is 16.3. The Kier molecular flexibility index (Phi) is 11.9. The summed E-state index contributed by atoms with van der Waals surface area (Å²) in [4.78, 5) is 60.4. The fraction of sp³-hybridized carbons (Fsp3) is 0.433. The summed E-state index contributed by atoms with van der Waals surface area (Å²) < 4.78 is 72.7. The number of anilines is 1. The van der Waals surface area contributed by atoms with Gasteiger partial charge in [0, 0.05) is 13.1 Å². The molecule has 3 aromatic heterocycles. The number of hydrogen-bond donors (Lipinski definition) is 9. The quantitative estimate of drug-likeness (QED) is 0.0555. The number of aliphatic hydroxyl groups is 2. The van der Waals surface area contributed by atoms with E-state index in [0.717, 1.165) is 11.1 Å². The number of aliphatic imine (C=N–C) groups is 1. The van der Waals surface area contributed by atoms with Gasteiger partial charge in [-0.3, -0.25) is 32.9 Å². The second-order valence-electron chi connectivity index (χ2n) is 13.8. The standard InChI is InChI=1S/C30H40N11O15P3/c1-15-4-6-17(7-5-15)8-39-9-18(53-20(10-39)41-14-38(3)22-26(41)36-30(32)37-27(22)44)11-51-57(45,46)55-59(49,50)56-58(47,48)52-12-19-23(42)24(43)28(54-19)40-13-33-21-16(2)34-29(31)35-25(21)40/h4-7,13-14,18-20,23-24,28,42-43H,2,8-12H2,1,3H3,(H8-,31,32,34,35,36,37,44,45,46,47,48,49,50)/p+1/t18-,19?,20?,23+,24+,28+/m0/s1. The van der Waals surface area contributed by atoms with Crippen molar-refractivity contribution in [2.75, 3.05) is 32.0 Å². The van der Waals surface area contributed by atoms with E-state index < -0.39 is 79.1 Å². The predicted molar refractivity (Wildman–Crippen MR) is 201 cm³/mol. The third-order valence-corrected chi connectivity index (χ3v) is 13.5. The van der Waals surface area contributed by atoms with Crippen LogP contribution in [-0.4, -0.2) is 111 Å². The van der Waals surface area contributed by atoms with Crippen molar-refractivity contribution in [3.05, 3.63) is 70.7 Å². The molecule has 3 aliphatic heterocycles. The van der Waals surface area contributed by atoms with E-state index in [9.17, 15) is 43.4 Å². The Morgan fingerprint density at radius 2 is 1.68 bits per heavy atom. The summed E-state index contributed by atoms with van der Waals surface area (Å²) in [6.07, 6.45) is -5.37. The van der Waals surface area contributed by atoms with Gasteiger partial charge in [-0.1, -0.05) is 41.4 Å². The van der Waals surface area contributed by atoms with Crippen LogP contribution < -0.4 is 26.9 Å². The molecule has 0 radical (unpaired) electrons. The van der Waals surface area contributed by atoms with Gasteiger partial charge in [0.05, 0.1) is 44.9 Å². The van der Waals surface area contributed by atoms with Crippen molar-refractivity contribution in [2.45, 2.75) is 50.3 Å². The van der Waals surface area contributed by atoms with Gasteiger partial charge in [-0.25, -0.2) is 23.2 Å². The molecule has 0 bridgehead atoms. The fourth-order valence-corrected chi connectivity index (χ4v) is 10.2. The molecule has 9 atom stereocenters. The monoisotopic (exact) mass is 888 g/mol. The lowest BCUT2D eigenvalue weighted by Gasteiger charge is -2.37. The summed E-state index contributed by atoms with van der Waals surface area (Å²) in [5.41, 5.74) is 14.0. The number of fused-ring (bicyclic) bond motifs is 2. The lowest BCUT2D eigenvalue weighted by Crippen LogP contribution is -2.55. The number of phosphoric ester groups is 2. The van der Waals surface area contributed by atoms with E-state index in [0.29, 0.717) is 12.2 Å². The number of rotatable bonds is 14. The molecule has 3 aliphatic rings. The molecule has 5 unspecified atom stereocenters. The first-order chi connectivity index (χ1) is 27.7. The summed E-state index contributed by atoms with van der Waals surface area (Å²) in [5, 5.41) is 23.9. The first-order valence-corrected chi connectivity index (χ1v) is 21.9. The van der Waals surface area contributed by atoms with Crippen molar-refractivity contribution in [1.82, 2.24) is 34.3 Å². The van der Waals surface area contributed by atoms with Crippen molar-refractivity contribution in [1.29, 1.82) is 0 Å². The molecule has 26 nitrogen and oxygen atoms in total. The van der Waals surface area contributed by atoms with Crippen LogP contribution in [0.25, 0.3) is 16.9 Å². The number of nitrogens with zero attached hydrogens (tertiary/aromatic N) is 7. The number of nitrogen functional groups attached to an aromatic ring is 1. The molecule has 0 saturated carbocycles. The number of guanidine groups is 1. The van der Waals surface area contributed by atoms with Gasteiger partial charge in [0.2, 0.25) is 5.52 Å². The molecule has 2 fully saturated rings. The Morgan fingerprint density at radius 1 is 1.00 bits per heavy atom. The van der Waals surface area contributed by atoms with Crippen LogP contribution in [0.5, 0.6) is 0 Å². The average molecular weight is 889 g/mol. The number of ether oxygens (including phenoxy) is 2. The van der Waals surface area contributed by atoms with Gasteiger partial charge in [0.1, 0.15) is 24.0 Å². The van der Waals surface area contributed by atoms with Crippen LogP contribution in [-0.2, 0) is 54.4 Å². The van der Waals surface area contributed by atoms with E-state index in [1.807, 2.05) is 36.1 Å². The maximum Gasteiger partial charge on any atom is 0.490 e. The molecule has 4 aromatic rings. The average Bonchev–Trinajstić information content (AvgIpc) is 3.79. The van der Waals surface area contributed by atoms with Gasteiger partial charge >= 0.3 is 29.1 Å². The summed E-state index contributed by atoms with van der Waals surface area (Å²) in [7, 11) is -15.5. The molecule has 6 heterocycles. The van der Waals surface area contributed by atoms with Gasteiger partial charge < -0.3 is 51.2 Å². The van der Waals surface area contributed by atoms with E-state index in [4.69, 9.17) is 30.0 Å². The van der Waals surface area contributed by atoms with E-state index >= 15 is 0 Å². The number of nitrogens with two attached hydrogens (primary N) is 2. The van der Waals surface area contributed by atoms with E-state index in [1.54, 1.807) is 17.9 Å². The number of nitrogens with one attached hydrogen (secondary N) is 2. The van der Waals surface area contributed by atoms with Crippen molar-refractivity contribution < 1.29 is 70.3 Å². The van der Waals surface area contributed by atoms with E-state index in [-0.39, 0.29) is 47.7 Å². The van der Waals surface area contributed by atoms with Crippen LogP contribution in [0.2, 0.25) is 0 Å². The predicted octanol–water partition coefficient (Wildman–Crippen LogP) is -0.757. The zero-order chi connectivity index (χ0) is 42.6. The highest BCUT2D eigenvalue weighted by Gasteiger charge is 2.48. The minimum absolute atomic E-state index is 0.0414. The van der Waals surface area contributed by atoms with Crippen LogP contribution in [0.3, 0.4) is 0 Å². The Balaban J connectivity index is 0.983. The smallest absolute Gasteiger partial charge is 0.387 e. The zero-order valence-electron chi connectivity index (χ0n) is 31.1. The fourth-order valence-electron chi connectivity index (χ4n) is 6.68. The van der Waals surface area contributed by atoms with Crippen LogP contribution in [0.4, 0.5) is 11.8 Å². The van der Waals surface area contributed by atoms with Crippen LogP contribution in [0, 0.1) is 6.92 Å². The first-order valence-electron chi connectivity index (χ1n) is 17.5. The van der Waals surface area contributed by atoms with Gasteiger partial charge in [-0.15, -0.1) is 0 Å². The highest BCUT2D eigenvalue weighted by Crippen LogP contribution is 2.67. The molecule has 2 saturated heterocycles. The number of aryl methyl sites for hydroxylation is 2. The van der Waals surface area contributed by atoms with E-state index in [1.165, 1.54) is 15.5 Å². The van der Waals surface area contributed by atoms with Gasteiger partial charge in [-0.2, -0.15) is 13.6 Å². The van der Waals surface area contributed by atoms with Crippen LogP contribution >= 0.6 is 23.5 Å². The molecule has 59 heavy (non-hydrogen) atoms. The van der Waals surface area contributed by atoms with Crippen LogP contribution in [0.1, 0.15) is 29.3 Å². The molecule has 320 valence electrons. The third-order valence-electron chi connectivity index (χ3n) is 9.26. The lowest BCUT2D eigenvalue weighted by atomic mass is 10.1. The summed E-state index contributed by atoms with van der Waals surface area (Å²) >= 11 is 0. The minimum Gasteiger partial charge on any atom is -0.387 e. The maximum atomic E-state index is 12.9. The summed E-state index contributed by atoms with van der Waals surface area (Å²) in [5.74, 6) is -0.0671. The number of aliphatic hydroxyl groups excluding tert-OH is 2. The Morgan fingerprint density at radius 3 is 2.37 bits per heavy atom. The number of benzene rings is 1. The number of hydrogen-bond acceptors (Lipinski definition) is 19. The molecule has 1 aromatic carbocycles. The Labute approximate surface area is 333 Å². The maximum absolute atomic E-state index is 12.9. The highest BCUT2D eigenvalue weighted by atomic mass is 31.3. The first kappa shape index (κ1) is 42.9. The summed E-state index contributed by atoms with van der Waals surface area (Å²) in [6.45, 7) is 4.73. The number of phosphoric acid groups is 3. The van der Waals surface area contributed by atoms with Crippen molar-refractivity contribution >= 4 is 58.1 Å². The third kappa shape index (κ3) is 9.57. The highest BCUT2D eigenvalue weighted by molar-refractivity contribution is 7.66. The molecule has 29 heteroatoms. The van der Waals surface area contributed by atoms with Crippen LogP contribution in [0.15, 0.2) is 53.3 Å². The lowest BCUT2D eigenvalue weighted by molar-refractivity contribution is -0.747. The minimum atomic E-state index is -5.92. The SMILES string of the molecule is C=C1NC(N)=Nc2c1ncn2[C@@H]1OC(COP(=O)(O)OP(=O)(O)OP(=O)(O)OC[C@@H]2CN(Cc3ccc(C)cc3)CC([n+]3cn(C)c4c(=O)[nH]c(N)nc43)O2)[C@@H](O)[C@H]1O. The Bertz CT molecular complexity index is 2490. The molecular formula is C30H41N11O15P3+. The van der Waals surface area contributed by atoms with E-state index in [2.05, 4.69) is 40.5 Å². The topological polar surface area (TPSA) is 360 Å². The molecule has 0 aliphatic carbocycles.